The summed E-state index contributed by atoms with van der Waals surface area (Å²) in [4.78, 5) is 0. The zero-order valence-electron chi connectivity index (χ0n) is 15.8. The van der Waals surface area contributed by atoms with Gasteiger partial charge in [-0.05, 0) is 99.7 Å². The van der Waals surface area contributed by atoms with Crippen LogP contribution >= 0.6 is 24.0 Å². The molecule has 0 atom stereocenters. The van der Waals surface area contributed by atoms with E-state index in [0.29, 0.717) is 0 Å². The van der Waals surface area contributed by atoms with Crippen LogP contribution in [-0.4, -0.2) is 0 Å². The molecule has 3 rings (SSSR count). The fourth-order valence-electron chi connectivity index (χ4n) is 5.45. The Balaban J connectivity index is 0. The fraction of sp³-hybridized carbons (Fsp3) is 0.826. The summed E-state index contributed by atoms with van der Waals surface area (Å²) < 4.78 is 0. The van der Waals surface area contributed by atoms with Gasteiger partial charge >= 0.3 is 0 Å². The van der Waals surface area contributed by atoms with Gasteiger partial charge < -0.3 is 0 Å². The Kier molecular flexibility index (Phi) is 8.88. The number of halogens is 1. The summed E-state index contributed by atoms with van der Waals surface area (Å²) in [6.07, 6.45) is 24.9. The van der Waals surface area contributed by atoms with Gasteiger partial charge in [-0.15, -0.1) is 30.6 Å². The average Bonchev–Trinajstić information content (AvgIpc) is 2.61. The van der Waals surface area contributed by atoms with Crippen molar-refractivity contribution in [1.29, 1.82) is 0 Å². The van der Waals surface area contributed by atoms with E-state index in [9.17, 15) is 0 Å². The molecule has 0 heterocycles. The average molecular weight is 449 g/mol. The lowest BCUT2D eigenvalue weighted by Crippen LogP contribution is -2.24. The minimum atomic E-state index is 0. The molecular weight excluding hydrogens is 403 g/mol. The van der Waals surface area contributed by atoms with E-state index in [-0.39, 0.29) is 28.3 Å². The first-order chi connectivity index (χ1) is 11.2. The molecule has 144 valence electrons. The second kappa shape index (κ2) is 10.4. The third kappa shape index (κ3) is 5.88. The van der Waals surface area contributed by atoms with Gasteiger partial charge in [0.2, 0.25) is 0 Å². The highest BCUT2D eigenvalue weighted by Crippen LogP contribution is 2.41. The Morgan fingerprint density at radius 1 is 0.625 bits per heavy atom. The monoisotopic (exact) mass is 448 g/mol. The molecule has 0 aliphatic heterocycles. The predicted molar refractivity (Wildman–Crippen MR) is 123 cm³/mol. The van der Waals surface area contributed by atoms with E-state index in [1.165, 1.54) is 77.0 Å². The normalized spacial score (nSPS) is 40.9. The second-order valence-corrected chi connectivity index (χ2v) is 8.99. The van der Waals surface area contributed by atoms with Gasteiger partial charge in [0.15, 0.2) is 0 Å². The molecular formula is C23H45I. The van der Waals surface area contributed by atoms with E-state index in [2.05, 4.69) is 31.7 Å². The highest BCUT2D eigenvalue weighted by molar-refractivity contribution is 14.0. The summed E-state index contributed by atoms with van der Waals surface area (Å²) in [6, 6.07) is 0. The molecule has 0 aromatic heterocycles. The van der Waals surface area contributed by atoms with Gasteiger partial charge in [-0.25, -0.2) is 0 Å². The minimum Gasteiger partial charge on any atom is -0.107 e. The first kappa shape index (κ1) is 20.5. The van der Waals surface area contributed by atoms with Crippen LogP contribution in [0.5, 0.6) is 0 Å². The van der Waals surface area contributed by atoms with E-state index < -0.39 is 0 Å². The lowest BCUT2D eigenvalue weighted by molar-refractivity contribution is 0.160. The summed E-state index contributed by atoms with van der Waals surface area (Å²) in [5, 5.41) is 0. The van der Waals surface area contributed by atoms with Crippen LogP contribution in [0.1, 0.15) is 88.3 Å². The number of hydrogen-bond donors (Lipinski definition) is 0. The van der Waals surface area contributed by atoms with Crippen LogP contribution in [0.2, 0.25) is 0 Å². The summed E-state index contributed by atoms with van der Waals surface area (Å²) in [7, 11) is 0. The van der Waals surface area contributed by atoms with Crippen LogP contribution in [-0.2, 0) is 0 Å². The molecule has 0 saturated heterocycles. The van der Waals surface area contributed by atoms with Crippen LogP contribution in [0.15, 0.2) is 24.8 Å². The standard InChI is InChI=1S/C23H38.HI.3H2/c1-3-19-6-8-20(9-7-19)10-11-21-12-16-23(17-13-21)22-14-4-18(2)5-15-22;;;;/h3,10-11,18-23H,1,4-9,12-17H2,2H3;4*1H/b11-10+;;;;. The molecule has 3 fully saturated rings. The molecule has 0 nitrogen and oxygen atoms in total. The minimum absolute atomic E-state index is 0. The van der Waals surface area contributed by atoms with Gasteiger partial charge in [-0.1, -0.05) is 38.0 Å². The van der Waals surface area contributed by atoms with E-state index >= 15 is 0 Å². The molecule has 3 saturated carbocycles. The van der Waals surface area contributed by atoms with Crippen LogP contribution < -0.4 is 0 Å². The van der Waals surface area contributed by atoms with E-state index in [1.807, 2.05) is 0 Å². The fourth-order valence-corrected chi connectivity index (χ4v) is 5.45. The quantitative estimate of drug-likeness (QED) is 0.299. The maximum atomic E-state index is 3.96. The highest BCUT2D eigenvalue weighted by atomic mass is 127. The van der Waals surface area contributed by atoms with Gasteiger partial charge in [0.05, 0.1) is 0 Å². The van der Waals surface area contributed by atoms with Crippen LogP contribution in [0.4, 0.5) is 0 Å². The van der Waals surface area contributed by atoms with Crippen molar-refractivity contribution in [2.75, 3.05) is 0 Å². The van der Waals surface area contributed by atoms with Gasteiger partial charge in [-0.2, -0.15) is 0 Å². The van der Waals surface area contributed by atoms with E-state index in [4.69, 9.17) is 0 Å². The zero-order valence-corrected chi connectivity index (χ0v) is 18.1. The number of allylic oxidation sites excluding steroid dienone is 3. The topological polar surface area (TPSA) is 0 Å². The SMILES string of the molecule is C=CC1CCC(/C=C/C2CCC(C3CCC(C)CC3)CC2)CC1.I.[HH].[HH].[HH]. The number of rotatable bonds is 4. The zero-order chi connectivity index (χ0) is 16.1. The first-order valence-corrected chi connectivity index (χ1v) is 10.6. The van der Waals surface area contributed by atoms with E-state index in [0.717, 1.165) is 35.5 Å². The molecule has 0 unspecified atom stereocenters. The second-order valence-electron chi connectivity index (χ2n) is 8.99. The maximum absolute atomic E-state index is 3.96. The van der Waals surface area contributed by atoms with Crippen LogP contribution in [0, 0.1) is 35.5 Å². The summed E-state index contributed by atoms with van der Waals surface area (Å²) in [5.74, 6) is 5.70. The third-order valence-corrected chi connectivity index (χ3v) is 7.35. The Hall–Kier alpha value is 0.210. The van der Waals surface area contributed by atoms with Crippen molar-refractivity contribution in [3.8, 4) is 0 Å². The van der Waals surface area contributed by atoms with Crippen molar-refractivity contribution in [3.63, 3.8) is 0 Å². The van der Waals surface area contributed by atoms with Crippen molar-refractivity contribution in [3.05, 3.63) is 24.8 Å². The molecule has 3 aliphatic carbocycles. The lowest BCUT2D eigenvalue weighted by Gasteiger charge is -2.36. The van der Waals surface area contributed by atoms with E-state index in [1.54, 1.807) is 0 Å². The Morgan fingerprint density at radius 3 is 1.46 bits per heavy atom. The Labute approximate surface area is 172 Å². The summed E-state index contributed by atoms with van der Waals surface area (Å²) in [5.41, 5.74) is 0. The smallest absolute Gasteiger partial charge is 0 e. The molecule has 0 amide bonds. The van der Waals surface area contributed by atoms with Gasteiger partial charge in [0, 0.05) is 4.28 Å². The largest absolute Gasteiger partial charge is 0.107 e. The highest BCUT2D eigenvalue weighted by Gasteiger charge is 2.29. The molecule has 0 radical (unpaired) electrons. The van der Waals surface area contributed by atoms with Crippen molar-refractivity contribution >= 4 is 24.0 Å². The molecule has 0 aromatic carbocycles. The molecule has 24 heavy (non-hydrogen) atoms. The third-order valence-electron chi connectivity index (χ3n) is 7.35. The van der Waals surface area contributed by atoms with Gasteiger partial charge in [0.1, 0.15) is 0 Å². The van der Waals surface area contributed by atoms with Gasteiger partial charge in [0.25, 0.3) is 0 Å². The predicted octanol–water partition coefficient (Wildman–Crippen LogP) is 8.52. The maximum Gasteiger partial charge on any atom is 0 e. The molecule has 3 aliphatic rings. The first-order valence-electron chi connectivity index (χ1n) is 10.6. The van der Waals surface area contributed by atoms with Crippen LogP contribution in [0.25, 0.3) is 0 Å². The molecule has 0 bridgehead atoms. The molecule has 0 aromatic rings. The van der Waals surface area contributed by atoms with Gasteiger partial charge in [-0.3, -0.25) is 0 Å². The Bertz CT molecular complexity index is 388. The van der Waals surface area contributed by atoms with Crippen molar-refractivity contribution in [2.45, 2.75) is 84.0 Å². The molecule has 0 N–H and O–H groups in total. The van der Waals surface area contributed by atoms with Crippen molar-refractivity contribution in [1.82, 2.24) is 0 Å². The Morgan fingerprint density at radius 2 is 1.00 bits per heavy atom. The summed E-state index contributed by atoms with van der Waals surface area (Å²) >= 11 is 0. The lowest BCUT2D eigenvalue weighted by atomic mass is 9.69. The number of hydrogen-bond acceptors (Lipinski definition) is 0. The summed E-state index contributed by atoms with van der Waals surface area (Å²) in [6.45, 7) is 6.41. The van der Waals surface area contributed by atoms with Crippen molar-refractivity contribution < 1.29 is 4.28 Å². The molecule has 1 heteroatoms. The molecule has 0 spiro atoms. The van der Waals surface area contributed by atoms with Crippen LogP contribution in [0.3, 0.4) is 0 Å². The van der Waals surface area contributed by atoms with Crippen molar-refractivity contribution in [2.24, 2.45) is 35.5 Å².